The van der Waals surface area contributed by atoms with Crippen LogP contribution in [0.25, 0.3) is 0 Å². The molecule has 0 saturated carbocycles. The monoisotopic (exact) mass is 417 g/mol. The van der Waals surface area contributed by atoms with Gasteiger partial charge in [-0.1, -0.05) is 60.7 Å². The molecule has 29 heavy (non-hydrogen) atoms. The molecule has 0 radical (unpaired) electrons. The second-order valence-electron chi connectivity index (χ2n) is 7.76. The summed E-state index contributed by atoms with van der Waals surface area (Å²) in [7, 11) is 0. The van der Waals surface area contributed by atoms with Crippen molar-refractivity contribution in [1.29, 1.82) is 0 Å². The lowest BCUT2D eigenvalue weighted by atomic mass is 9.80. The molecular weight excluding hydrogens is 386 g/mol. The maximum absolute atomic E-state index is 12.2. The minimum absolute atomic E-state index is 0. The Bertz CT molecular complexity index is 725. The van der Waals surface area contributed by atoms with Crippen molar-refractivity contribution < 1.29 is 14.3 Å². The van der Waals surface area contributed by atoms with Gasteiger partial charge in [0.1, 0.15) is 12.1 Å². The Morgan fingerprint density at radius 2 is 1.45 bits per heavy atom. The van der Waals surface area contributed by atoms with Crippen molar-refractivity contribution in [3.8, 4) is 0 Å². The van der Waals surface area contributed by atoms with E-state index in [1.54, 1.807) is 0 Å². The van der Waals surface area contributed by atoms with E-state index in [1.165, 1.54) is 11.1 Å². The molecule has 0 unspecified atom stereocenters. The van der Waals surface area contributed by atoms with Crippen molar-refractivity contribution in [2.24, 2.45) is 17.6 Å². The van der Waals surface area contributed by atoms with Gasteiger partial charge in [0.05, 0.1) is 6.61 Å². The van der Waals surface area contributed by atoms with Gasteiger partial charge in [0.25, 0.3) is 0 Å². The zero-order valence-electron chi connectivity index (χ0n) is 17.0. The van der Waals surface area contributed by atoms with E-state index < -0.39 is 6.04 Å². The van der Waals surface area contributed by atoms with E-state index in [0.717, 1.165) is 25.7 Å². The van der Waals surface area contributed by atoms with E-state index in [-0.39, 0.29) is 37.0 Å². The topological polar surface area (TPSA) is 61.5 Å². The van der Waals surface area contributed by atoms with E-state index in [1.807, 2.05) is 19.1 Å². The molecule has 4 atom stereocenters. The largest absolute Gasteiger partial charge is 0.461 e. The van der Waals surface area contributed by atoms with Gasteiger partial charge in [-0.15, -0.1) is 12.4 Å². The van der Waals surface area contributed by atoms with Crippen LogP contribution in [0.2, 0.25) is 0 Å². The van der Waals surface area contributed by atoms with Crippen molar-refractivity contribution in [1.82, 2.24) is 0 Å². The fraction of sp³-hybridized carbons (Fsp3) is 0.458. The molecular formula is C24H32ClNO3. The number of carbonyl (C=O) groups excluding carboxylic acids is 1. The van der Waals surface area contributed by atoms with Gasteiger partial charge in [-0.3, -0.25) is 4.79 Å². The van der Waals surface area contributed by atoms with Crippen LogP contribution in [0.15, 0.2) is 60.7 Å². The number of cyclic esters (lactones) is 1. The van der Waals surface area contributed by atoms with Crippen molar-refractivity contribution in [2.75, 3.05) is 13.2 Å². The molecule has 0 amide bonds. The number of hydrogen-bond acceptors (Lipinski definition) is 4. The van der Waals surface area contributed by atoms with Gasteiger partial charge in [-0.05, 0) is 49.7 Å². The lowest BCUT2D eigenvalue weighted by molar-refractivity contribution is -0.153. The second kappa shape index (κ2) is 12.0. The number of halogens is 1. The number of carbonyl (C=O) groups is 1. The second-order valence-corrected chi connectivity index (χ2v) is 7.76. The van der Waals surface area contributed by atoms with E-state index in [0.29, 0.717) is 12.5 Å². The normalized spacial score (nSPS) is 25.1. The molecule has 0 bridgehead atoms. The van der Waals surface area contributed by atoms with E-state index in [9.17, 15) is 4.79 Å². The van der Waals surface area contributed by atoms with Crippen LogP contribution in [-0.4, -0.2) is 31.3 Å². The zero-order valence-corrected chi connectivity index (χ0v) is 17.9. The Morgan fingerprint density at radius 1 is 0.897 bits per heavy atom. The van der Waals surface area contributed by atoms with Crippen LogP contribution in [-0.2, 0) is 27.1 Å². The van der Waals surface area contributed by atoms with Gasteiger partial charge in [0.2, 0.25) is 0 Å². The highest BCUT2D eigenvalue weighted by Gasteiger charge is 2.32. The maximum Gasteiger partial charge on any atom is 0.325 e. The van der Waals surface area contributed by atoms with Gasteiger partial charge in [0.15, 0.2) is 0 Å². The third-order valence-electron chi connectivity index (χ3n) is 5.70. The minimum atomic E-state index is -0.704. The van der Waals surface area contributed by atoms with Gasteiger partial charge in [-0.2, -0.15) is 0 Å². The number of esters is 1. The molecule has 1 heterocycles. The van der Waals surface area contributed by atoms with E-state index in [4.69, 9.17) is 15.2 Å². The van der Waals surface area contributed by atoms with Gasteiger partial charge >= 0.3 is 5.97 Å². The molecule has 2 N–H and O–H groups in total. The predicted molar refractivity (Wildman–Crippen MR) is 118 cm³/mol. The van der Waals surface area contributed by atoms with Crippen LogP contribution in [0.3, 0.4) is 0 Å². The number of ether oxygens (including phenoxy) is 2. The first kappa shape index (κ1) is 23.4. The third-order valence-corrected chi connectivity index (χ3v) is 5.70. The number of benzene rings is 2. The predicted octanol–water partition coefficient (Wildman–Crippen LogP) is 4.20. The quantitative estimate of drug-likeness (QED) is 0.715. The number of rotatable bonds is 6. The lowest BCUT2D eigenvalue weighted by Crippen LogP contribution is -2.38. The highest BCUT2D eigenvalue weighted by atomic mass is 35.5. The summed E-state index contributed by atoms with van der Waals surface area (Å²) in [6.07, 6.45) is 3.73. The summed E-state index contributed by atoms with van der Waals surface area (Å²) in [5.41, 5.74) is 8.53. The lowest BCUT2D eigenvalue weighted by Gasteiger charge is -2.31. The smallest absolute Gasteiger partial charge is 0.325 e. The molecule has 1 aliphatic rings. The first-order valence-electron chi connectivity index (χ1n) is 10.2. The van der Waals surface area contributed by atoms with Gasteiger partial charge in [0, 0.05) is 12.5 Å². The minimum Gasteiger partial charge on any atom is -0.461 e. The SMILES string of the molecule is C[C@@H]1OC(=O)[C@@H](N)COC[C@H](CCc2ccccc2)[C@H]1CCc1ccccc1.Cl. The molecule has 4 nitrogen and oxygen atoms in total. The van der Waals surface area contributed by atoms with Crippen molar-refractivity contribution in [2.45, 2.75) is 44.8 Å². The average molecular weight is 418 g/mol. The van der Waals surface area contributed by atoms with Crippen molar-refractivity contribution in [3.05, 3.63) is 71.8 Å². The van der Waals surface area contributed by atoms with Crippen LogP contribution in [0.1, 0.15) is 30.9 Å². The maximum atomic E-state index is 12.2. The van der Waals surface area contributed by atoms with E-state index >= 15 is 0 Å². The first-order valence-corrected chi connectivity index (χ1v) is 10.2. The molecule has 0 aromatic heterocycles. The van der Waals surface area contributed by atoms with Crippen LogP contribution < -0.4 is 5.73 Å². The highest BCUT2D eigenvalue weighted by Crippen LogP contribution is 2.29. The standard InChI is InChI=1S/C24H31NO3.ClH/c1-18-22(15-13-20-10-6-3-7-11-20)21(14-12-19-8-4-2-5-9-19)16-27-17-23(25)24(26)28-18;/h2-11,18,21-23H,12-17,25H2,1H3;1H/t18-,21-,22-,23-;/m0./s1. The first-order chi connectivity index (χ1) is 13.6. The molecule has 1 saturated heterocycles. The van der Waals surface area contributed by atoms with Gasteiger partial charge in [-0.25, -0.2) is 0 Å². The number of aryl methyl sites for hydroxylation is 2. The molecule has 0 aliphatic carbocycles. The average Bonchev–Trinajstić information content (AvgIpc) is 2.76. The fourth-order valence-electron chi connectivity index (χ4n) is 4.02. The van der Waals surface area contributed by atoms with Crippen molar-refractivity contribution in [3.63, 3.8) is 0 Å². The van der Waals surface area contributed by atoms with Crippen LogP contribution in [0.4, 0.5) is 0 Å². The summed E-state index contributed by atoms with van der Waals surface area (Å²) < 4.78 is 11.6. The van der Waals surface area contributed by atoms with Crippen LogP contribution in [0.5, 0.6) is 0 Å². The Labute approximate surface area is 180 Å². The molecule has 158 valence electrons. The summed E-state index contributed by atoms with van der Waals surface area (Å²) in [4.78, 5) is 12.2. The molecule has 5 heteroatoms. The fourth-order valence-corrected chi connectivity index (χ4v) is 4.02. The molecule has 0 spiro atoms. The Hall–Kier alpha value is -1.88. The van der Waals surface area contributed by atoms with Gasteiger partial charge < -0.3 is 15.2 Å². The summed E-state index contributed by atoms with van der Waals surface area (Å²) in [5.74, 6) is 0.191. The van der Waals surface area contributed by atoms with Crippen LogP contribution >= 0.6 is 12.4 Å². The Morgan fingerprint density at radius 3 is 2.03 bits per heavy atom. The van der Waals surface area contributed by atoms with E-state index in [2.05, 4.69) is 48.5 Å². The molecule has 1 aliphatic heterocycles. The Balaban J connectivity index is 0.00000300. The highest BCUT2D eigenvalue weighted by molar-refractivity contribution is 5.85. The third kappa shape index (κ3) is 7.14. The number of hydrogen-bond donors (Lipinski definition) is 1. The zero-order chi connectivity index (χ0) is 19.8. The molecule has 3 rings (SSSR count). The summed E-state index contributed by atoms with van der Waals surface area (Å²) in [5, 5.41) is 0. The van der Waals surface area contributed by atoms with Crippen molar-refractivity contribution >= 4 is 18.4 Å². The number of nitrogens with two attached hydrogens (primary N) is 1. The molecule has 2 aromatic carbocycles. The molecule has 2 aromatic rings. The summed E-state index contributed by atoms with van der Waals surface area (Å²) in [6.45, 7) is 2.83. The molecule has 1 fully saturated rings. The summed E-state index contributed by atoms with van der Waals surface area (Å²) in [6, 6.07) is 20.3. The Kier molecular flexibility index (Phi) is 9.65. The summed E-state index contributed by atoms with van der Waals surface area (Å²) >= 11 is 0. The van der Waals surface area contributed by atoms with Crippen LogP contribution in [0, 0.1) is 11.8 Å².